The summed E-state index contributed by atoms with van der Waals surface area (Å²) in [4.78, 5) is 24.0. The summed E-state index contributed by atoms with van der Waals surface area (Å²) in [7, 11) is 0. The van der Waals surface area contributed by atoms with Crippen molar-refractivity contribution in [2.24, 2.45) is 0 Å². The number of nitrogens with one attached hydrogen (secondary N) is 1. The highest BCUT2D eigenvalue weighted by molar-refractivity contribution is 7.09. The summed E-state index contributed by atoms with van der Waals surface area (Å²) in [6.45, 7) is 1.02. The van der Waals surface area contributed by atoms with Crippen molar-refractivity contribution in [1.82, 2.24) is 20.2 Å². The zero-order chi connectivity index (χ0) is 24.2. The van der Waals surface area contributed by atoms with E-state index in [9.17, 15) is 13.6 Å². The maximum atomic E-state index is 13.8. The minimum atomic E-state index is -2.99. The van der Waals surface area contributed by atoms with Gasteiger partial charge in [-0.15, -0.1) is 11.3 Å². The Morgan fingerprint density at radius 3 is 2.83 bits per heavy atom. The number of carbonyl (C=O) groups is 1. The first-order chi connectivity index (χ1) is 16.8. The maximum Gasteiger partial charge on any atom is 0.296 e. The van der Waals surface area contributed by atoms with Crippen LogP contribution in [0.1, 0.15) is 48.9 Å². The summed E-state index contributed by atoms with van der Waals surface area (Å²) in [6.07, 6.45) is 6.13. The second-order valence-electron chi connectivity index (χ2n) is 9.32. The average Bonchev–Trinajstić information content (AvgIpc) is 3.56. The zero-order valence-electron chi connectivity index (χ0n) is 19.0. The number of benzene rings is 1. The number of ether oxygens (including phenoxy) is 1. The van der Waals surface area contributed by atoms with Crippen LogP contribution in [0.2, 0.25) is 0 Å². The van der Waals surface area contributed by atoms with E-state index < -0.39 is 11.3 Å². The molecule has 35 heavy (non-hydrogen) atoms. The third-order valence-corrected chi connectivity index (χ3v) is 8.03. The SMILES string of the molecule is CC(F)(F)c1nc(CN2C(=O)C3(CCC(Oc4cnc5[nH]ncc5c4)CC3)c3ccccc32)cs1. The molecule has 4 heterocycles. The molecule has 180 valence electrons. The van der Waals surface area contributed by atoms with Crippen LogP contribution in [0.5, 0.6) is 5.75 Å². The number of hydrogen-bond donors (Lipinski definition) is 1. The fraction of sp³-hybridized carbons (Fsp3) is 0.360. The molecule has 1 saturated carbocycles. The van der Waals surface area contributed by atoms with E-state index in [1.165, 1.54) is 0 Å². The lowest BCUT2D eigenvalue weighted by atomic mass is 9.69. The molecule has 4 aromatic rings. The summed E-state index contributed by atoms with van der Waals surface area (Å²) in [5.74, 6) is -2.30. The summed E-state index contributed by atoms with van der Waals surface area (Å²) < 4.78 is 33.6. The second-order valence-corrected chi connectivity index (χ2v) is 10.2. The number of carbonyl (C=O) groups excluding carboxylic acids is 1. The van der Waals surface area contributed by atoms with Gasteiger partial charge in [0.2, 0.25) is 5.91 Å². The number of H-pyrrole nitrogens is 1. The first kappa shape index (κ1) is 22.1. The van der Waals surface area contributed by atoms with Crippen LogP contribution in [0, 0.1) is 0 Å². The number of hydrogen-bond acceptors (Lipinski definition) is 6. The van der Waals surface area contributed by atoms with E-state index in [4.69, 9.17) is 4.74 Å². The van der Waals surface area contributed by atoms with Gasteiger partial charge in [-0.25, -0.2) is 9.97 Å². The quantitative estimate of drug-likeness (QED) is 0.405. The number of pyridine rings is 1. The largest absolute Gasteiger partial charge is 0.489 e. The number of nitrogens with zero attached hydrogens (tertiary/aromatic N) is 4. The Kier molecular flexibility index (Phi) is 5.10. The lowest BCUT2D eigenvalue weighted by molar-refractivity contribution is -0.125. The number of para-hydroxylation sites is 1. The predicted octanol–water partition coefficient (Wildman–Crippen LogP) is 5.33. The Morgan fingerprint density at radius 1 is 1.26 bits per heavy atom. The van der Waals surface area contributed by atoms with Gasteiger partial charge >= 0.3 is 0 Å². The van der Waals surface area contributed by atoms with Crippen molar-refractivity contribution >= 4 is 34.0 Å². The summed E-state index contributed by atoms with van der Waals surface area (Å²) in [5, 5.41) is 9.09. The fourth-order valence-electron chi connectivity index (χ4n) is 5.26. The van der Waals surface area contributed by atoms with Gasteiger partial charge in [-0.1, -0.05) is 18.2 Å². The fourth-order valence-corrected chi connectivity index (χ4v) is 6.01. The van der Waals surface area contributed by atoms with Crippen molar-refractivity contribution in [1.29, 1.82) is 0 Å². The van der Waals surface area contributed by atoms with E-state index in [1.807, 2.05) is 30.3 Å². The first-order valence-electron chi connectivity index (χ1n) is 11.5. The van der Waals surface area contributed by atoms with Gasteiger partial charge < -0.3 is 9.64 Å². The van der Waals surface area contributed by atoms with Gasteiger partial charge in [-0.3, -0.25) is 9.89 Å². The van der Waals surface area contributed by atoms with Gasteiger partial charge in [-0.2, -0.15) is 13.9 Å². The smallest absolute Gasteiger partial charge is 0.296 e. The molecular formula is C25H23F2N5O2S. The molecular weight excluding hydrogens is 472 g/mol. The predicted molar refractivity (Wildman–Crippen MR) is 128 cm³/mol. The van der Waals surface area contributed by atoms with E-state index in [-0.39, 0.29) is 23.6 Å². The molecule has 1 aromatic carbocycles. The van der Waals surface area contributed by atoms with Gasteiger partial charge in [0.25, 0.3) is 5.92 Å². The van der Waals surface area contributed by atoms with Crippen molar-refractivity contribution in [3.8, 4) is 5.75 Å². The van der Waals surface area contributed by atoms with Gasteiger partial charge in [0, 0.05) is 23.4 Å². The third-order valence-electron chi connectivity index (χ3n) is 6.97. The molecule has 3 aromatic heterocycles. The number of rotatable bonds is 5. The number of anilines is 1. The van der Waals surface area contributed by atoms with Crippen LogP contribution in [0.15, 0.2) is 48.1 Å². The zero-order valence-corrected chi connectivity index (χ0v) is 19.8. The number of alkyl halides is 2. The van der Waals surface area contributed by atoms with Gasteiger partial charge in [0.15, 0.2) is 10.7 Å². The molecule has 0 atom stereocenters. The topological polar surface area (TPSA) is 84.0 Å². The van der Waals surface area contributed by atoms with E-state index in [0.717, 1.165) is 47.7 Å². The van der Waals surface area contributed by atoms with E-state index in [1.54, 1.807) is 22.7 Å². The van der Waals surface area contributed by atoms with Crippen LogP contribution in [-0.2, 0) is 22.7 Å². The molecule has 0 bridgehead atoms. The van der Waals surface area contributed by atoms with Gasteiger partial charge in [-0.05, 0) is 43.4 Å². The summed E-state index contributed by atoms with van der Waals surface area (Å²) in [5.41, 5.74) is 2.40. The minimum absolute atomic E-state index is 0.0106. The second kappa shape index (κ2) is 8.08. The van der Waals surface area contributed by atoms with Crippen molar-refractivity contribution in [3.63, 3.8) is 0 Å². The lowest BCUT2D eigenvalue weighted by Crippen LogP contribution is -2.44. The van der Waals surface area contributed by atoms with Gasteiger partial charge in [0.05, 0.1) is 36.2 Å². The molecule has 0 radical (unpaired) electrons. The number of aromatic nitrogens is 4. The molecule has 2 aliphatic rings. The van der Waals surface area contributed by atoms with Crippen molar-refractivity contribution < 1.29 is 18.3 Å². The van der Waals surface area contributed by atoms with Crippen molar-refractivity contribution in [3.05, 3.63) is 64.4 Å². The lowest BCUT2D eigenvalue weighted by Gasteiger charge is -2.36. The molecule has 1 amide bonds. The highest BCUT2D eigenvalue weighted by Crippen LogP contribution is 2.51. The normalized spacial score (nSPS) is 22.2. The Labute approximate surface area is 204 Å². The van der Waals surface area contributed by atoms with Crippen LogP contribution in [0.4, 0.5) is 14.5 Å². The summed E-state index contributed by atoms with van der Waals surface area (Å²) >= 11 is 0.925. The van der Waals surface area contributed by atoms with Crippen LogP contribution in [-0.4, -0.2) is 32.2 Å². The number of thiazole rings is 1. The summed E-state index contributed by atoms with van der Waals surface area (Å²) in [6, 6.07) is 9.70. The highest BCUT2D eigenvalue weighted by atomic mass is 32.1. The number of fused-ring (bicyclic) bond motifs is 3. The Hall–Kier alpha value is -3.40. The molecule has 1 fully saturated rings. The average molecular weight is 496 g/mol. The molecule has 1 spiro atoms. The van der Waals surface area contributed by atoms with Crippen molar-refractivity contribution in [2.45, 2.75) is 56.6 Å². The Balaban J connectivity index is 1.21. The molecule has 7 nitrogen and oxygen atoms in total. The minimum Gasteiger partial charge on any atom is -0.489 e. The Bertz CT molecular complexity index is 1400. The Morgan fingerprint density at radius 2 is 2.06 bits per heavy atom. The van der Waals surface area contributed by atoms with Gasteiger partial charge in [0.1, 0.15) is 5.75 Å². The van der Waals surface area contributed by atoms with Crippen LogP contribution >= 0.6 is 11.3 Å². The molecule has 0 unspecified atom stereocenters. The van der Waals surface area contributed by atoms with E-state index >= 15 is 0 Å². The first-order valence-corrected chi connectivity index (χ1v) is 12.4. The number of halogens is 2. The van der Waals surface area contributed by atoms with Crippen LogP contribution in [0.3, 0.4) is 0 Å². The standard InChI is InChI=1S/C25H23F2N5O2S/c1-24(26,27)22-30-16(14-35-22)13-32-20-5-3-2-4-19(20)25(23(32)33)8-6-17(7-9-25)34-18-10-15-11-29-31-21(15)28-12-18/h2-5,10-12,14,17H,6-9,13H2,1H3,(H,28,29,31). The molecule has 0 saturated heterocycles. The number of aromatic amines is 1. The highest BCUT2D eigenvalue weighted by Gasteiger charge is 2.52. The van der Waals surface area contributed by atoms with Crippen molar-refractivity contribution in [2.75, 3.05) is 4.90 Å². The molecule has 6 rings (SSSR count). The molecule has 1 aliphatic heterocycles. The molecule has 10 heteroatoms. The number of amides is 1. The van der Waals surface area contributed by atoms with Crippen LogP contribution in [0.25, 0.3) is 11.0 Å². The maximum absolute atomic E-state index is 13.8. The molecule has 1 N–H and O–H groups in total. The molecule has 1 aliphatic carbocycles. The van der Waals surface area contributed by atoms with E-state index in [0.29, 0.717) is 29.9 Å². The third kappa shape index (κ3) is 3.76. The van der Waals surface area contributed by atoms with E-state index in [2.05, 4.69) is 20.2 Å². The van der Waals surface area contributed by atoms with Crippen LogP contribution < -0.4 is 9.64 Å². The monoisotopic (exact) mass is 495 g/mol.